The monoisotopic (exact) mass is 797 g/mol. The van der Waals surface area contributed by atoms with Crippen LogP contribution in [0.5, 0.6) is 17.2 Å². The second-order valence-electron chi connectivity index (χ2n) is 13.5. The van der Waals surface area contributed by atoms with Crippen LogP contribution >= 0.6 is 11.6 Å². The number of nitrogens with zero attached hydrogens (tertiary/aromatic N) is 5. The summed E-state index contributed by atoms with van der Waals surface area (Å²) < 4.78 is 62.2. The first-order chi connectivity index (χ1) is 27.3. The van der Waals surface area contributed by atoms with Crippen molar-refractivity contribution in [1.29, 1.82) is 0 Å². The normalized spacial score (nSPS) is 13.7. The van der Waals surface area contributed by atoms with Crippen molar-refractivity contribution >= 4 is 34.8 Å². The van der Waals surface area contributed by atoms with Gasteiger partial charge in [0.2, 0.25) is 5.91 Å². The van der Waals surface area contributed by atoms with Gasteiger partial charge in [0.1, 0.15) is 41.8 Å². The van der Waals surface area contributed by atoms with E-state index < -0.39 is 11.7 Å². The molecule has 15 heteroatoms. The van der Waals surface area contributed by atoms with Gasteiger partial charge >= 0.3 is 6.18 Å². The Morgan fingerprint density at radius 3 is 2.26 bits per heavy atom. The molecule has 0 spiro atoms. The number of anilines is 2. The molecule has 5 aromatic rings. The summed E-state index contributed by atoms with van der Waals surface area (Å²) >= 11 is 7.15. The van der Waals surface area contributed by atoms with E-state index in [4.69, 9.17) is 30.8 Å². The lowest BCUT2D eigenvalue weighted by Gasteiger charge is -2.31. The standard InChI is InChI=1S/C42H39ClF3N7O4/c1-24-16-35(52(21-27-6-10-31(55-4)11-7-27)22-28-8-12-32(56-5)13-9-28)51-39(37(24)42(44,45)46)33-18-34-36-40(38(33)43)48-23-49-41(36)53(14-15-57-34)25(2)29-17-30(20-47-19-29)50-26(3)54/h6-20,25,49H,21-23H2,1-5H3,(H,50,54). The number of aromatic nitrogens is 2. The Labute approximate surface area is 332 Å². The first-order valence-corrected chi connectivity index (χ1v) is 18.3. The van der Waals surface area contributed by atoms with Crippen LogP contribution in [-0.2, 0) is 24.1 Å². The minimum atomic E-state index is -4.78. The van der Waals surface area contributed by atoms with E-state index in [2.05, 4.69) is 20.6 Å². The number of halogens is 4. The summed E-state index contributed by atoms with van der Waals surface area (Å²) in [6.45, 7) is 5.51. The first-order valence-electron chi connectivity index (χ1n) is 17.9. The van der Waals surface area contributed by atoms with E-state index in [9.17, 15) is 4.79 Å². The number of carbonyl (C=O) groups is 1. The zero-order valence-electron chi connectivity index (χ0n) is 31.7. The highest BCUT2D eigenvalue weighted by molar-refractivity contribution is 6.33. The third-order valence-electron chi connectivity index (χ3n) is 9.71. The van der Waals surface area contributed by atoms with E-state index >= 15 is 13.2 Å². The molecule has 0 bridgehead atoms. The Morgan fingerprint density at radius 2 is 1.67 bits per heavy atom. The number of carbonyl (C=O) groups excluding carboxylic acids is 1. The zero-order chi connectivity index (χ0) is 40.4. The van der Waals surface area contributed by atoms with Crippen molar-refractivity contribution in [2.75, 3.05) is 31.1 Å². The average molecular weight is 798 g/mol. The van der Waals surface area contributed by atoms with E-state index in [1.165, 1.54) is 32.2 Å². The van der Waals surface area contributed by atoms with Gasteiger partial charge in [-0.1, -0.05) is 35.9 Å². The Balaban J connectivity index is 1.37. The van der Waals surface area contributed by atoms with Crippen LogP contribution in [0.4, 0.5) is 24.7 Å². The predicted octanol–water partition coefficient (Wildman–Crippen LogP) is 7.48. The van der Waals surface area contributed by atoms with Crippen molar-refractivity contribution in [1.82, 2.24) is 20.2 Å². The fourth-order valence-corrected chi connectivity index (χ4v) is 7.24. The second-order valence-corrected chi connectivity index (χ2v) is 13.9. The van der Waals surface area contributed by atoms with E-state index in [1.807, 2.05) is 71.3 Å². The van der Waals surface area contributed by atoms with Crippen molar-refractivity contribution in [3.8, 4) is 28.5 Å². The van der Waals surface area contributed by atoms with Crippen molar-refractivity contribution < 1.29 is 32.2 Å². The molecule has 2 aliphatic heterocycles. The van der Waals surface area contributed by atoms with Gasteiger partial charge < -0.3 is 34.6 Å². The molecule has 294 valence electrons. The first kappa shape index (κ1) is 39.0. The number of amides is 1. The lowest BCUT2D eigenvalue weighted by molar-refractivity contribution is -0.137. The van der Waals surface area contributed by atoms with Crippen LogP contribution in [0.3, 0.4) is 0 Å². The van der Waals surface area contributed by atoms with Gasteiger partial charge in [-0.2, -0.15) is 13.2 Å². The Morgan fingerprint density at radius 1 is 1.02 bits per heavy atom. The van der Waals surface area contributed by atoms with Gasteiger partial charge in [-0.05, 0) is 78.6 Å². The fourth-order valence-electron chi connectivity index (χ4n) is 6.94. The van der Waals surface area contributed by atoms with Gasteiger partial charge in [-0.3, -0.25) is 14.8 Å². The van der Waals surface area contributed by atoms with Crippen LogP contribution in [0, 0.1) is 6.92 Å². The minimum absolute atomic E-state index is 0.00779. The molecule has 57 heavy (non-hydrogen) atoms. The molecule has 1 amide bonds. The summed E-state index contributed by atoms with van der Waals surface area (Å²) in [5, 5.41) is 6.77. The highest BCUT2D eigenvalue weighted by Gasteiger charge is 2.38. The van der Waals surface area contributed by atoms with E-state index in [0.29, 0.717) is 47.1 Å². The van der Waals surface area contributed by atoms with Crippen molar-refractivity contribution in [2.24, 2.45) is 4.99 Å². The maximum atomic E-state index is 15.1. The number of rotatable bonds is 11. The lowest BCUT2D eigenvalue weighted by atomic mass is 9.99. The molecule has 4 heterocycles. The number of benzene rings is 3. The van der Waals surface area contributed by atoms with Gasteiger partial charge in [0, 0.05) is 38.0 Å². The smallest absolute Gasteiger partial charge is 0.418 e. The highest BCUT2D eigenvalue weighted by Crippen LogP contribution is 2.42. The van der Waals surface area contributed by atoms with Crippen molar-refractivity contribution in [3.05, 3.63) is 135 Å². The molecule has 0 radical (unpaired) electrons. The molecule has 2 aliphatic rings. The molecular weight excluding hydrogens is 759 g/mol. The molecule has 0 saturated carbocycles. The van der Waals surface area contributed by atoms with Crippen LogP contribution in [-0.4, -0.2) is 41.7 Å². The number of hydrogen-bond acceptors (Lipinski definition) is 10. The lowest BCUT2D eigenvalue weighted by Crippen LogP contribution is -2.44. The van der Waals surface area contributed by atoms with Gasteiger partial charge in [-0.15, -0.1) is 0 Å². The predicted molar refractivity (Wildman–Crippen MR) is 211 cm³/mol. The van der Waals surface area contributed by atoms with Crippen molar-refractivity contribution in [3.63, 3.8) is 0 Å². The highest BCUT2D eigenvalue weighted by atomic mass is 35.5. The van der Waals surface area contributed by atoms with Crippen LogP contribution in [0.1, 0.15) is 47.7 Å². The van der Waals surface area contributed by atoms with Gasteiger partial charge in [0.25, 0.3) is 0 Å². The molecule has 1 unspecified atom stereocenters. The average Bonchev–Trinajstić information content (AvgIpc) is 3.38. The van der Waals surface area contributed by atoms with Gasteiger partial charge in [0.05, 0.1) is 59.0 Å². The molecule has 0 saturated heterocycles. The van der Waals surface area contributed by atoms with Gasteiger partial charge in [-0.25, -0.2) is 4.98 Å². The number of hydrogen-bond donors (Lipinski definition) is 2. The van der Waals surface area contributed by atoms with E-state index in [1.54, 1.807) is 32.8 Å². The zero-order valence-corrected chi connectivity index (χ0v) is 32.5. The molecule has 2 aromatic heterocycles. The maximum absolute atomic E-state index is 15.1. The minimum Gasteiger partial charge on any atom is -0.497 e. The van der Waals surface area contributed by atoms with E-state index in [0.717, 1.165) is 16.7 Å². The SMILES string of the molecule is COc1ccc(CN(Cc2ccc(OC)cc2)c2cc(C)c(C(F)(F)F)c(-c3cc4c5c(c3Cl)=NCNC=5N(C(C)c3cncc(NC(C)=O)c3)C=CO4)n2)cc1. The number of alkyl halides is 3. The number of nitrogens with one attached hydrogen (secondary N) is 2. The summed E-state index contributed by atoms with van der Waals surface area (Å²) in [7, 11) is 3.16. The Hall–Kier alpha value is -6.28. The van der Waals surface area contributed by atoms with Gasteiger partial charge in [0.15, 0.2) is 0 Å². The maximum Gasteiger partial charge on any atom is 0.418 e. The number of aryl methyl sites for hydroxylation is 1. The number of pyridine rings is 2. The second kappa shape index (κ2) is 16.1. The Bertz CT molecular complexity index is 2430. The third kappa shape index (κ3) is 8.17. The third-order valence-corrected chi connectivity index (χ3v) is 10.1. The van der Waals surface area contributed by atoms with Crippen LogP contribution in [0.25, 0.3) is 17.1 Å². The molecule has 3 aromatic carbocycles. The summed E-state index contributed by atoms with van der Waals surface area (Å²) in [5.41, 5.74) is 1.81. The number of methoxy groups -OCH3 is 2. The summed E-state index contributed by atoms with van der Waals surface area (Å²) in [6, 6.07) is 19.4. The number of ether oxygens (including phenoxy) is 3. The summed E-state index contributed by atoms with van der Waals surface area (Å²) in [4.78, 5) is 29.3. The topological polar surface area (TPSA) is 113 Å². The molecular formula is C42H39ClF3N7O4. The van der Waals surface area contributed by atoms with Crippen molar-refractivity contribution in [2.45, 2.75) is 46.1 Å². The molecule has 7 rings (SSSR count). The summed E-state index contributed by atoms with van der Waals surface area (Å²) in [6.07, 6.45) is 1.62. The quantitative estimate of drug-likeness (QED) is 0.141. The Kier molecular flexibility index (Phi) is 11.0. The molecule has 0 aliphatic carbocycles. The van der Waals surface area contributed by atoms with Crippen LogP contribution in [0.2, 0.25) is 5.02 Å². The molecule has 11 nitrogen and oxygen atoms in total. The molecule has 1 atom stereocenters. The largest absolute Gasteiger partial charge is 0.497 e. The van der Waals surface area contributed by atoms with Crippen LogP contribution in [0.15, 0.2) is 96.6 Å². The van der Waals surface area contributed by atoms with E-state index in [-0.39, 0.29) is 51.6 Å². The molecule has 2 N–H and O–H groups in total. The van der Waals surface area contributed by atoms with Crippen LogP contribution < -0.4 is 40.3 Å². The fraction of sp³-hybridized carbons (Fsp3) is 0.238. The summed E-state index contributed by atoms with van der Waals surface area (Å²) in [5.74, 6) is 2.24. The molecule has 0 fully saturated rings.